The van der Waals surface area contributed by atoms with E-state index >= 15 is 0 Å². The van der Waals surface area contributed by atoms with Gasteiger partial charge in [-0.3, -0.25) is 4.79 Å². The van der Waals surface area contributed by atoms with E-state index in [1.54, 1.807) is 30.3 Å². The zero-order valence-electron chi connectivity index (χ0n) is 13.1. The first-order chi connectivity index (χ1) is 10.9. The summed E-state index contributed by atoms with van der Waals surface area (Å²) in [4.78, 5) is 12.2. The van der Waals surface area contributed by atoms with E-state index in [0.717, 1.165) is 25.7 Å². The van der Waals surface area contributed by atoms with Crippen molar-refractivity contribution in [3.63, 3.8) is 0 Å². The average Bonchev–Trinajstić information content (AvgIpc) is 3.33. The highest BCUT2D eigenvalue weighted by atomic mass is 32.2. The molecule has 0 atom stereocenters. The summed E-state index contributed by atoms with van der Waals surface area (Å²) in [6, 6.07) is 8.51. The SMILES string of the molecule is NC1(C(=O)NCC2CCN(S(=O)(=O)c3ccccc3)CC2)CC1. The maximum absolute atomic E-state index is 12.5. The first kappa shape index (κ1) is 16.4. The highest BCUT2D eigenvalue weighted by Gasteiger charge is 2.45. The van der Waals surface area contributed by atoms with Crippen LogP contribution >= 0.6 is 0 Å². The molecule has 1 aliphatic heterocycles. The number of hydrogen-bond acceptors (Lipinski definition) is 4. The summed E-state index contributed by atoms with van der Waals surface area (Å²) in [6.45, 7) is 1.56. The Morgan fingerprint density at radius 3 is 2.39 bits per heavy atom. The number of piperidine rings is 1. The van der Waals surface area contributed by atoms with E-state index in [9.17, 15) is 13.2 Å². The molecule has 1 aliphatic carbocycles. The van der Waals surface area contributed by atoms with Crippen LogP contribution in [0.25, 0.3) is 0 Å². The van der Waals surface area contributed by atoms with Crippen molar-refractivity contribution < 1.29 is 13.2 Å². The largest absolute Gasteiger partial charge is 0.354 e. The molecule has 1 saturated carbocycles. The summed E-state index contributed by atoms with van der Waals surface area (Å²) in [7, 11) is -3.40. The maximum Gasteiger partial charge on any atom is 0.243 e. The molecule has 23 heavy (non-hydrogen) atoms. The van der Waals surface area contributed by atoms with Gasteiger partial charge in [-0.05, 0) is 43.7 Å². The summed E-state index contributed by atoms with van der Waals surface area (Å²) < 4.78 is 26.6. The van der Waals surface area contributed by atoms with Gasteiger partial charge in [0.1, 0.15) is 0 Å². The van der Waals surface area contributed by atoms with Crippen LogP contribution in [0.5, 0.6) is 0 Å². The first-order valence-corrected chi connectivity index (χ1v) is 9.48. The van der Waals surface area contributed by atoms with Gasteiger partial charge in [0.15, 0.2) is 0 Å². The molecule has 0 aromatic heterocycles. The molecular formula is C16H23N3O3S. The molecule has 3 rings (SSSR count). The number of sulfonamides is 1. The van der Waals surface area contributed by atoms with Gasteiger partial charge in [0.2, 0.25) is 15.9 Å². The minimum Gasteiger partial charge on any atom is -0.354 e. The minimum atomic E-state index is -3.40. The van der Waals surface area contributed by atoms with E-state index in [1.807, 2.05) is 0 Å². The third-order valence-electron chi connectivity index (χ3n) is 4.75. The molecule has 6 nitrogen and oxygen atoms in total. The number of carbonyl (C=O) groups excluding carboxylic acids is 1. The molecule has 1 aromatic carbocycles. The number of carbonyl (C=O) groups is 1. The maximum atomic E-state index is 12.5. The van der Waals surface area contributed by atoms with E-state index in [0.29, 0.717) is 30.4 Å². The van der Waals surface area contributed by atoms with Crippen LogP contribution in [0.4, 0.5) is 0 Å². The van der Waals surface area contributed by atoms with Crippen molar-refractivity contribution in [2.75, 3.05) is 19.6 Å². The normalized spacial score (nSPS) is 21.8. The molecule has 1 amide bonds. The van der Waals surface area contributed by atoms with E-state index < -0.39 is 15.6 Å². The molecule has 7 heteroatoms. The van der Waals surface area contributed by atoms with E-state index in [-0.39, 0.29) is 5.91 Å². The Bertz CT molecular complexity index is 663. The third kappa shape index (κ3) is 3.57. The molecule has 2 fully saturated rings. The minimum absolute atomic E-state index is 0.0724. The highest BCUT2D eigenvalue weighted by molar-refractivity contribution is 7.89. The van der Waals surface area contributed by atoms with Crippen LogP contribution in [0, 0.1) is 5.92 Å². The monoisotopic (exact) mass is 337 g/mol. The zero-order valence-corrected chi connectivity index (χ0v) is 13.9. The standard InChI is InChI=1S/C16H23N3O3S/c17-16(8-9-16)15(20)18-12-13-6-10-19(11-7-13)23(21,22)14-4-2-1-3-5-14/h1-5,13H,6-12,17H2,(H,18,20). The molecule has 0 radical (unpaired) electrons. The summed E-state index contributed by atoms with van der Waals surface area (Å²) in [5.41, 5.74) is 5.21. The van der Waals surface area contributed by atoms with Crippen LogP contribution in [-0.2, 0) is 14.8 Å². The van der Waals surface area contributed by atoms with Gasteiger partial charge in [-0.2, -0.15) is 4.31 Å². The Kier molecular flexibility index (Phi) is 4.44. The topological polar surface area (TPSA) is 92.5 Å². The zero-order chi connectivity index (χ0) is 16.5. The number of nitrogens with zero attached hydrogens (tertiary/aromatic N) is 1. The smallest absolute Gasteiger partial charge is 0.243 e. The number of benzene rings is 1. The molecule has 1 aromatic rings. The second kappa shape index (κ2) is 6.22. The number of amides is 1. The lowest BCUT2D eigenvalue weighted by Crippen LogP contribution is -2.46. The molecule has 0 spiro atoms. The lowest BCUT2D eigenvalue weighted by atomic mass is 9.98. The van der Waals surface area contributed by atoms with Crippen LogP contribution in [0.15, 0.2) is 35.2 Å². The Hall–Kier alpha value is -1.44. The van der Waals surface area contributed by atoms with Crippen LogP contribution in [0.1, 0.15) is 25.7 Å². The predicted molar refractivity (Wildman–Crippen MR) is 87.1 cm³/mol. The number of nitrogens with two attached hydrogens (primary N) is 1. The summed E-state index contributed by atoms with van der Waals surface area (Å²) in [5.74, 6) is 0.236. The fraction of sp³-hybridized carbons (Fsp3) is 0.562. The number of hydrogen-bond donors (Lipinski definition) is 2. The molecule has 1 saturated heterocycles. The Morgan fingerprint density at radius 2 is 1.83 bits per heavy atom. The fourth-order valence-corrected chi connectivity index (χ4v) is 4.36. The van der Waals surface area contributed by atoms with Gasteiger partial charge in [0.25, 0.3) is 0 Å². The van der Waals surface area contributed by atoms with Crippen molar-refractivity contribution in [3.8, 4) is 0 Å². The lowest BCUT2D eigenvalue weighted by Gasteiger charge is -2.31. The van der Waals surface area contributed by atoms with Crippen LogP contribution in [0.3, 0.4) is 0 Å². The molecular weight excluding hydrogens is 314 g/mol. The Balaban J connectivity index is 1.51. The van der Waals surface area contributed by atoms with Gasteiger partial charge in [0.05, 0.1) is 10.4 Å². The van der Waals surface area contributed by atoms with Crippen LogP contribution in [0.2, 0.25) is 0 Å². The molecule has 126 valence electrons. The lowest BCUT2D eigenvalue weighted by molar-refractivity contribution is -0.123. The third-order valence-corrected chi connectivity index (χ3v) is 6.66. The molecule has 2 aliphatic rings. The molecule has 0 unspecified atom stereocenters. The fourth-order valence-electron chi connectivity index (χ4n) is 2.87. The van der Waals surface area contributed by atoms with Gasteiger partial charge in [-0.15, -0.1) is 0 Å². The van der Waals surface area contributed by atoms with E-state index in [2.05, 4.69) is 5.32 Å². The van der Waals surface area contributed by atoms with Gasteiger partial charge < -0.3 is 11.1 Å². The summed E-state index contributed by atoms with van der Waals surface area (Å²) in [5, 5.41) is 2.91. The summed E-state index contributed by atoms with van der Waals surface area (Å²) >= 11 is 0. The number of nitrogens with one attached hydrogen (secondary N) is 1. The average molecular weight is 337 g/mol. The Labute approximate surface area is 137 Å². The highest BCUT2D eigenvalue weighted by Crippen LogP contribution is 2.32. The van der Waals surface area contributed by atoms with Gasteiger partial charge >= 0.3 is 0 Å². The Morgan fingerprint density at radius 1 is 1.22 bits per heavy atom. The second-order valence-electron chi connectivity index (χ2n) is 6.53. The van der Waals surface area contributed by atoms with Crippen molar-refractivity contribution in [2.45, 2.75) is 36.1 Å². The van der Waals surface area contributed by atoms with Crippen molar-refractivity contribution in [2.24, 2.45) is 11.7 Å². The summed E-state index contributed by atoms with van der Waals surface area (Å²) in [6.07, 6.45) is 3.02. The van der Waals surface area contributed by atoms with Crippen molar-refractivity contribution in [1.29, 1.82) is 0 Å². The number of rotatable bonds is 5. The van der Waals surface area contributed by atoms with Gasteiger partial charge in [-0.1, -0.05) is 18.2 Å². The van der Waals surface area contributed by atoms with Crippen molar-refractivity contribution in [1.82, 2.24) is 9.62 Å². The predicted octanol–water partition coefficient (Wildman–Crippen LogP) is 0.695. The van der Waals surface area contributed by atoms with Crippen molar-refractivity contribution >= 4 is 15.9 Å². The van der Waals surface area contributed by atoms with E-state index in [1.165, 1.54) is 4.31 Å². The quantitative estimate of drug-likeness (QED) is 0.827. The van der Waals surface area contributed by atoms with Gasteiger partial charge in [0, 0.05) is 19.6 Å². The molecule has 0 bridgehead atoms. The molecule has 3 N–H and O–H groups in total. The van der Waals surface area contributed by atoms with Crippen LogP contribution in [-0.4, -0.2) is 43.8 Å². The van der Waals surface area contributed by atoms with E-state index in [4.69, 9.17) is 5.73 Å². The van der Waals surface area contributed by atoms with Crippen LogP contribution < -0.4 is 11.1 Å². The molecule has 1 heterocycles. The van der Waals surface area contributed by atoms with Gasteiger partial charge in [-0.25, -0.2) is 8.42 Å². The van der Waals surface area contributed by atoms with Crippen molar-refractivity contribution in [3.05, 3.63) is 30.3 Å². The second-order valence-corrected chi connectivity index (χ2v) is 8.46. The first-order valence-electron chi connectivity index (χ1n) is 8.04.